The Morgan fingerprint density at radius 1 is 1.24 bits per heavy atom. The second-order valence-corrected chi connectivity index (χ2v) is 6.01. The van der Waals surface area contributed by atoms with Crippen LogP contribution in [0.1, 0.15) is 27.7 Å². The van der Waals surface area contributed by atoms with Gasteiger partial charge in [-0.3, -0.25) is 9.59 Å². The lowest BCUT2D eigenvalue weighted by Gasteiger charge is -2.46. The van der Waals surface area contributed by atoms with Gasteiger partial charge in [0.15, 0.2) is 5.78 Å². The van der Waals surface area contributed by atoms with E-state index in [9.17, 15) is 14.7 Å². The van der Waals surface area contributed by atoms with Gasteiger partial charge < -0.3 is 19.5 Å². The minimum Gasteiger partial charge on any atom is -0.830 e. The van der Waals surface area contributed by atoms with Crippen LogP contribution in [-0.4, -0.2) is 43.0 Å². The first-order chi connectivity index (χ1) is 9.80. The number of rotatable bonds is 4. The fourth-order valence-electron chi connectivity index (χ4n) is 3.23. The first kappa shape index (κ1) is 16.1. The summed E-state index contributed by atoms with van der Waals surface area (Å²) in [5.74, 6) is -3.83. The highest BCUT2D eigenvalue weighted by molar-refractivity contribution is 5.98. The predicted molar refractivity (Wildman–Crippen MR) is 72.0 cm³/mol. The van der Waals surface area contributed by atoms with E-state index in [1.165, 1.54) is 19.9 Å². The molecule has 2 unspecified atom stereocenters. The second-order valence-electron chi connectivity index (χ2n) is 6.01. The Hall–Kier alpha value is -1.24. The van der Waals surface area contributed by atoms with E-state index < -0.39 is 29.9 Å². The number of ether oxygens (including phenoxy) is 2. The molecule has 0 saturated carbocycles. The molecule has 0 aromatic carbocycles. The van der Waals surface area contributed by atoms with Gasteiger partial charge in [0.05, 0.1) is 24.9 Å². The zero-order valence-corrected chi connectivity index (χ0v) is 12.9. The van der Waals surface area contributed by atoms with Gasteiger partial charge in [-0.2, -0.15) is 0 Å². The molecule has 0 spiro atoms. The van der Waals surface area contributed by atoms with Crippen LogP contribution in [0.4, 0.5) is 0 Å². The molecule has 4 atom stereocenters. The fraction of sp³-hybridized carbons (Fsp3) is 0.733. The Kier molecular flexibility index (Phi) is 4.51. The number of hydrogen-bond acceptors (Lipinski definition) is 5. The van der Waals surface area contributed by atoms with Crippen molar-refractivity contribution in [1.29, 1.82) is 0 Å². The molecule has 6 nitrogen and oxygen atoms in total. The zero-order chi connectivity index (χ0) is 15.8. The molecule has 1 N–H and O–H groups in total. The lowest BCUT2D eigenvalue weighted by molar-refractivity contribution is -0.918. The van der Waals surface area contributed by atoms with E-state index in [1.54, 1.807) is 6.08 Å². The largest absolute Gasteiger partial charge is 0.830 e. The highest BCUT2D eigenvalue weighted by atomic mass is 16.8. The van der Waals surface area contributed by atoms with Crippen molar-refractivity contribution in [3.05, 3.63) is 12.2 Å². The maximum absolute atomic E-state index is 12.3. The molecular formula is C15H23NO5. The van der Waals surface area contributed by atoms with Crippen molar-refractivity contribution in [2.75, 3.05) is 13.1 Å². The molecule has 118 valence electrons. The van der Waals surface area contributed by atoms with E-state index >= 15 is 0 Å². The SMILES string of the molecule is CC[NH+](CC)[C@@H]1C=CC(=O)[C@H]1C1C(=O)OC(C)(C)OC1[O-]. The number of likely N-dealkylation sites (N-methyl/N-ethyl adjacent to an activating group) is 1. The predicted octanol–water partition coefficient (Wildman–Crippen LogP) is -1.35. The van der Waals surface area contributed by atoms with E-state index in [1.807, 2.05) is 13.8 Å². The summed E-state index contributed by atoms with van der Waals surface area (Å²) in [5.41, 5.74) is 0. The number of carbonyl (C=O) groups is 2. The van der Waals surface area contributed by atoms with E-state index in [4.69, 9.17) is 9.47 Å². The summed E-state index contributed by atoms with van der Waals surface area (Å²) in [6, 6.07) is -0.175. The summed E-state index contributed by atoms with van der Waals surface area (Å²) < 4.78 is 10.4. The highest BCUT2D eigenvalue weighted by Gasteiger charge is 2.50. The molecule has 1 fully saturated rings. The van der Waals surface area contributed by atoms with Crippen LogP contribution in [0.5, 0.6) is 0 Å². The maximum atomic E-state index is 12.3. The van der Waals surface area contributed by atoms with Crippen LogP contribution in [-0.2, 0) is 19.1 Å². The Balaban J connectivity index is 2.26. The minimum atomic E-state index is -1.58. The van der Waals surface area contributed by atoms with Gasteiger partial charge in [0.2, 0.25) is 5.79 Å². The summed E-state index contributed by atoms with van der Waals surface area (Å²) in [5, 5.41) is 12.3. The molecule has 0 aromatic heterocycles. The van der Waals surface area contributed by atoms with Gasteiger partial charge >= 0.3 is 5.97 Å². The van der Waals surface area contributed by atoms with E-state index in [0.717, 1.165) is 18.0 Å². The van der Waals surface area contributed by atoms with Crippen molar-refractivity contribution in [1.82, 2.24) is 0 Å². The monoisotopic (exact) mass is 297 g/mol. The molecule has 0 radical (unpaired) electrons. The highest BCUT2D eigenvalue weighted by Crippen LogP contribution is 2.33. The van der Waals surface area contributed by atoms with Crippen molar-refractivity contribution in [3.8, 4) is 0 Å². The molecule has 2 rings (SSSR count). The van der Waals surface area contributed by atoms with E-state index in [-0.39, 0.29) is 11.8 Å². The molecule has 6 heteroatoms. The van der Waals surface area contributed by atoms with Crippen molar-refractivity contribution in [3.63, 3.8) is 0 Å². The third-order valence-corrected chi connectivity index (χ3v) is 4.26. The second kappa shape index (κ2) is 5.87. The van der Waals surface area contributed by atoms with Crippen molar-refractivity contribution in [2.45, 2.75) is 45.8 Å². The van der Waals surface area contributed by atoms with Crippen molar-refractivity contribution in [2.24, 2.45) is 11.8 Å². The van der Waals surface area contributed by atoms with Gasteiger partial charge in [-0.15, -0.1) is 0 Å². The summed E-state index contributed by atoms with van der Waals surface area (Å²) in [6.45, 7) is 8.70. The standard InChI is InChI=1S/C15H22NO5/c1-5-16(6-2)9-7-8-10(17)11(9)12-13(18)20-15(3,4)21-14(12)19/h7-9,11-13H,5-6H2,1-4H3/q-1/p+1/t9-,11+,12?,13?/m1/s1. The normalized spacial score (nSPS) is 35.3. The molecule has 0 bridgehead atoms. The number of esters is 1. The number of quaternary nitrogens is 1. The zero-order valence-electron chi connectivity index (χ0n) is 12.9. The Bertz CT molecular complexity index is 455. The maximum Gasteiger partial charge on any atom is 0.313 e. The first-order valence-electron chi connectivity index (χ1n) is 7.43. The number of ketones is 1. The number of allylic oxidation sites excluding steroid dienone is 1. The van der Waals surface area contributed by atoms with Gasteiger partial charge in [0, 0.05) is 20.1 Å². The van der Waals surface area contributed by atoms with Gasteiger partial charge in [-0.25, -0.2) is 0 Å². The molecule has 1 aliphatic heterocycles. The van der Waals surface area contributed by atoms with Gasteiger partial charge in [0.1, 0.15) is 6.04 Å². The fourth-order valence-corrected chi connectivity index (χ4v) is 3.23. The molecule has 21 heavy (non-hydrogen) atoms. The lowest BCUT2D eigenvalue weighted by Crippen LogP contribution is -3.15. The molecule has 1 heterocycles. The van der Waals surface area contributed by atoms with E-state index in [0.29, 0.717) is 0 Å². The van der Waals surface area contributed by atoms with Crippen LogP contribution < -0.4 is 10.0 Å². The first-order valence-corrected chi connectivity index (χ1v) is 7.43. The minimum absolute atomic E-state index is 0.175. The molecule has 1 aliphatic carbocycles. The molecule has 0 amide bonds. The van der Waals surface area contributed by atoms with Gasteiger partial charge in [-0.1, -0.05) is 0 Å². The van der Waals surface area contributed by atoms with Crippen LogP contribution in [0.3, 0.4) is 0 Å². The third-order valence-electron chi connectivity index (χ3n) is 4.26. The topological polar surface area (TPSA) is 80.1 Å². The summed E-state index contributed by atoms with van der Waals surface area (Å²) in [4.78, 5) is 25.5. The van der Waals surface area contributed by atoms with Crippen LogP contribution in [0, 0.1) is 11.8 Å². The van der Waals surface area contributed by atoms with Crippen LogP contribution in [0.2, 0.25) is 0 Å². The number of nitrogens with one attached hydrogen (secondary N) is 1. The van der Waals surface area contributed by atoms with Crippen molar-refractivity contribution < 1.29 is 29.1 Å². The smallest absolute Gasteiger partial charge is 0.313 e. The Morgan fingerprint density at radius 3 is 2.38 bits per heavy atom. The average molecular weight is 297 g/mol. The van der Waals surface area contributed by atoms with Crippen molar-refractivity contribution >= 4 is 11.8 Å². The van der Waals surface area contributed by atoms with Crippen LogP contribution >= 0.6 is 0 Å². The molecule has 0 aromatic rings. The number of carbonyl (C=O) groups excluding carboxylic acids is 2. The van der Waals surface area contributed by atoms with Crippen LogP contribution in [0.15, 0.2) is 12.2 Å². The summed E-state index contributed by atoms with van der Waals surface area (Å²) >= 11 is 0. The summed E-state index contributed by atoms with van der Waals surface area (Å²) in [7, 11) is 0. The quantitative estimate of drug-likeness (QED) is 0.649. The third kappa shape index (κ3) is 3.02. The lowest BCUT2D eigenvalue weighted by atomic mass is 9.84. The Morgan fingerprint density at radius 2 is 1.86 bits per heavy atom. The number of hydrogen-bond donors (Lipinski definition) is 1. The molecule has 2 aliphatic rings. The molecular weight excluding hydrogens is 274 g/mol. The van der Waals surface area contributed by atoms with E-state index in [2.05, 4.69) is 0 Å². The van der Waals surface area contributed by atoms with Gasteiger partial charge in [-0.05, 0) is 26.0 Å². The summed E-state index contributed by atoms with van der Waals surface area (Å²) in [6.07, 6.45) is 1.70. The van der Waals surface area contributed by atoms with Gasteiger partial charge in [0.25, 0.3) is 0 Å². The molecule has 1 saturated heterocycles. The number of cyclic esters (lactones) is 1. The van der Waals surface area contributed by atoms with Crippen LogP contribution in [0.25, 0.3) is 0 Å². The average Bonchev–Trinajstić information content (AvgIpc) is 2.72. The Labute approximate surface area is 124 Å².